The van der Waals surface area contributed by atoms with E-state index in [1.807, 2.05) is 36.4 Å². The fourth-order valence-corrected chi connectivity index (χ4v) is 6.50. The minimum atomic E-state index is -4.54. The van der Waals surface area contributed by atoms with Crippen molar-refractivity contribution in [2.24, 2.45) is 0 Å². The van der Waals surface area contributed by atoms with Crippen LogP contribution in [0.25, 0.3) is 0 Å². The van der Waals surface area contributed by atoms with Crippen LogP contribution in [0.1, 0.15) is 47.4 Å². The molecule has 0 aliphatic carbocycles. The van der Waals surface area contributed by atoms with Gasteiger partial charge in [0.05, 0.1) is 22.9 Å². The van der Waals surface area contributed by atoms with Crippen LogP contribution in [0.2, 0.25) is 5.02 Å². The summed E-state index contributed by atoms with van der Waals surface area (Å²) in [6, 6.07) is 24.1. The van der Waals surface area contributed by atoms with Crippen molar-refractivity contribution in [3.63, 3.8) is 0 Å². The summed E-state index contributed by atoms with van der Waals surface area (Å²) >= 11 is 6.30. The fraction of sp³-hybridized carbons (Fsp3) is 0.419. The number of rotatable bonds is 12. The van der Waals surface area contributed by atoms with Gasteiger partial charge in [-0.05, 0) is 42.0 Å². The molecular weight excluding hydrogens is 573 g/mol. The highest BCUT2D eigenvalue weighted by atomic mass is 35.5. The summed E-state index contributed by atoms with van der Waals surface area (Å²) in [5.74, 6) is -0.00967. The van der Waals surface area contributed by atoms with Crippen molar-refractivity contribution in [2.75, 3.05) is 39.0 Å². The van der Waals surface area contributed by atoms with Crippen molar-refractivity contribution in [2.45, 2.75) is 44.0 Å². The van der Waals surface area contributed by atoms with Gasteiger partial charge in [-0.15, -0.1) is 0 Å². The summed E-state index contributed by atoms with van der Waals surface area (Å²) in [4.78, 5) is 2.12. The van der Waals surface area contributed by atoms with Crippen LogP contribution in [-0.2, 0) is 27.5 Å². The molecule has 1 aliphatic heterocycles. The maximum atomic E-state index is 13.6. The summed E-state index contributed by atoms with van der Waals surface area (Å²) in [5, 5.41) is -0.278. The van der Waals surface area contributed by atoms with Gasteiger partial charge in [-0.3, -0.25) is 4.90 Å². The second-order valence-corrected chi connectivity index (χ2v) is 12.9. The lowest BCUT2D eigenvalue weighted by molar-refractivity contribution is -0.137. The summed E-state index contributed by atoms with van der Waals surface area (Å²) in [6.07, 6.45) is -1.34. The summed E-state index contributed by atoms with van der Waals surface area (Å²) in [6.45, 7) is 2.62. The summed E-state index contributed by atoms with van der Waals surface area (Å²) < 4.78 is 72.2. The molecule has 1 fully saturated rings. The largest absolute Gasteiger partial charge is 0.417 e. The first-order chi connectivity index (χ1) is 19.5. The van der Waals surface area contributed by atoms with Crippen molar-refractivity contribution in [1.29, 1.82) is 0 Å². The predicted molar refractivity (Wildman–Crippen MR) is 156 cm³/mol. The lowest BCUT2D eigenvalue weighted by Crippen LogP contribution is -2.42. The van der Waals surface area contributed by atoms with Crippen LogP contribution in [0.4, 0.5) is 13.2 Å². The SMILES string of the molecule is CS(=O)(=O)N1CCC[C@@H](OCCCN(Cc2cccc(C(F)(F)F)c2Cl)CC(c2ccccc2)c2ccccc2)C1. The average Bonchev–Trinajstić information content (AvgIpc) is 2.95. The Morgan fingerprint density at radius 2 is 1.63 bits per heavy atom. The topological polar surface area (TPSA) is 49.9 Å². The molecule has 0 aromatic heterocycles. The molecule has 0 radical (unpaired) electrons. The molecule has 1 atom stereocenters. The molecule has 5 nitrogen and oxygen atoms in total. The van der Waals surface area contributed by atoms with Crippen molar-refractivity contribution in [3.8, 4) is 0 Å². The Kier molecular flexibility index (Phi) is 10.9. The molecule has 3 aromatic rings. The average molecular weight is 609 g/mol. The molecule has 41 heavy (non-hydrogen) atoms. The standard InChI is InChI=1S/C31H36ClF3N2O3S/c1-41(38,39)37-19-9-16-27(22-37)40-20-10-18-36(21-26-15-8-17-29(30(26)32)31(33,34)35)23-28(24-11-4-2-5-12-24)25-13-6-3-7-14-25/h2-8,11-15,17,27-28H,9-10,16,18-23H2,1H3/t27-/m1/s1. The van der Waals surface area contributed by atoms with E-state index in [2.05, 4.69) is 29.2 Å². The Balaban J connectivity index is 1.51. The number of nitrogens with zero attached hydrogens (tertiary/aromatic N) is 2. The van der Waals surface area contributed by atoms with Crippen LogP contribution in [0.15, 0.2) is 78.9 Å². The summed E-state index contributed by atoms with van der Waals surface area (Å²) in [7, 11) is -3.27. The number of hydrogen-bond acceptors (Lipinski definition) is 4. The number of benzene rings is 3. The van der Waals surface area contributed by atoms with Crippen LogP contribution in [-0.4, -0.2) is 62.8 Å². The van der Waals surface area contributed by atoms with Gasteiger partial charge in [-0.1, -0.05) is 84.4 Å². The van der Waals surface area contributed by atoms with E-state index in [9.17, 15) is 21.6 Å². The van der Waals surface area contributed by atoms with E-state index in [4.69, 9.17) is 16.3 Å². The molecule has 4 rings (SSSR count). The Morgan fingerprint density at radius 1 is 1.00 bits per heavy atom. The molecule has 3 aromatic carbocycles. The van der Waals surface area contributed by atoms with E-state index >= 15 is 0 Å². The zero-order valence-electron chi connectivity index (χ0n) is 23.1. The molecule has 1 heterocycles. The van der Waals surface area contributed by atoms with Crippen LogP contribution >= 0.6 is 11.6 Å². The highest BCUT2D eigenvalue weighted by molar-refractivity contribution is 7.88. The van der Waals surface area contributed by atoms with E-state index in [0.717, 1.165) is 30.0 Å². The van der Waals surface area contributed by atoms with E-state index in [-0.39, 0.29) is 23.6 Å². The number of ether oxygens (including phenoxy) is 1. The van der Waals surface area contributed by atoms with Gasteiger partial charge in [-0.25, -0.2) is 8.42 Å². The number of halogens is 4. The highest BCUT2D eigenvalue weighted by Crippen LogP contribution is 2.37. The molecule has 10 heteroatoms. The van der Waals surface area contributed by atoms with E-state index in [1.165, 1.54) is 16.6 Å². The minimum Gasteiger partial charge on any atom is -0.377 e. The predicted octanol–water partition coefficient (Wildman–Crippen LogP) is 6.82. The second-order valence-electron chi connectivity index (χ2n) is 10.5. The maximum Gasteiger partial charge on any atom is 0.417 e. The molecule has 1 aliphatic rings. The molecule has 0 N–H and O–H groups in total. The maximum absolute atomic E-state index is 13.6. The third kappa shape index (κ3) is 9.03. The van der Waals surface area contributed by atoms with Crippen molar-refractivity contribution >= 4 is 21.6 Å². The van der Waals surface area contributed by atoms with Gasteiger partial charge in [0.15, 0.2) is 0 Å². The molecule has 0 unspecified atom stereocenters. The van der Waals surface area contributed by atoms with Gasteiger partial charge in [0, 0.05) is 45.2 Å². The van der Waals surface area contributed by atoms with E-state index in [1.54, 1.807) is 6.07 Å². The highest BCUT2D eigenvalue weighted by Gasteiger charge is 2.34. The van der Waals surface area contributed by atoms with Gasteiger partial charge >= 0.3 is 6.18 Å². The lowest BCUT2D eigenvalue weighted by Gasteiger charge is -2.31. The molecule has 0 saturated carbocycles. The Morgan fingerprint density at radius 3 is 2.22 bits per heavy atom. The minimum absolute atomic E-state index is 0.00967. The molecular formula is C31H36ClF3N2O3S. The quantitative estimate of drug-likeness (QED) is 0.212. The first-order valence-electron chi connectivity index (χ1n) is 13.8. The van der Waals surface area contributed by atoms with Gasteiger partial charge in [0.2, 0.25) is 10.0 Å². The molecule has 0 spiro atoms. The number of piperidine rings is 1. The van der Waals surface area contributed by atoms with E-state index < -0.39 is 21.8 Å². The smallest absolute Gasteiger partial charge is 0.377 e. The molecule has 0 bridgehead atoms. The molecule has 0 amide bonds. The van der Waals surface area contributed by atoms with Crippen molar-refractivity contribution < 1.29 is 26.3 Å². The fourth-order valence-electron chi connectivity index (χ4n) is 5.31. The number of hydrogen-bond donors (Lipinski definition) is 0. The van der Waals surface area contributed by atoms with Gasteiger partial charge in [0.1, 0.15) is 0 Å². The third-order valence-electron chi connectivity index (χ3n) is 7.40. The first-order valence-corrected chi connectivity index (χ1v) is 16.0. The number of alkyl halides is 3. The van der Waals surface area contributed by atoms with Gasteiger partial charge in [0.25, 0.3) is 0 Å². The summed E-state index contributed by atoms with van der Waals surface area (Å²) in [5.41, 5.74) is 1.80. The zero-order chi connectivity index (χ0) is 29.5. The normalized spacial score (nSPS) is 16.9. The van der Waals surface area contributed by atoms with Crippen LogP contribution < -0.4 is 0 Å². The van der Waals surface area contributed by atoms with Crippen molar-refractivity contribution in [3.05, 3.63) is 106 Å². The Bertz CT molecular complexity index is 1320. The van der Waals surface area contributed by atoms with Crippen LogP contribution in [0.5, 0.6) is 0 Å². The van der Waals surface area contributed by atoms with Crippen LogP contribution in [0.3, 0.4) is 0 Å². The zero-order valence-corrected chi connectivity index (χ0v) is 24.6. The van der Waals surface area contributed by atoms with Gasteiger partial charge in [-0.2, -0.15) is 17.5 Å². The van der Waals surface area contributed by atoms with Gasteiger partial charge < -0.3 is 4.74 Å². The number of sulfonamides is 1. The third-order valence-corrected chi connectivity index (χ3v) is 9.12. The molecule has 1 saturated heterocycles. The van der Waals surface area contributed by atoms with Crippen LogP contribution in [0, 0.1) is 0 Å². The Hall–Kier alpha value is -2.43. The first kappa shape index (κ1) is 31.5. The molecule has 222 valence electrons. The monoisotopic (exact) mass is 608 g/mol. The Labute approximate surface area is 245 Å². The van der Waals surface area contributed by atoms with E-state index in [0.29, 0.717) is 44.8 Å². The lowest BCUT2D eigenvalue weighted by atomic mass is 9.90. The van der Waals surface area contributed by atoms with Crippen molar-refractivity contribution in [1.82, 2.24) is 9.21 Å². The second kappa shape index (κ2) is 14.2.